The van der Waals surface area contributed by atoms with Crippen LogP contribution in [0.2, 0.25) is 0 Å². The van der Waals surface area contributed by atoms with Gasteiger partial charge in [-0.05, 0) is 30.3 Å². The van der Waals surface area contributed by atoms with E-state index in [4.69, 9.17) is 10.9 Å². The van der Waals surface area contributed by atoms with Crippen LogP contribution in [-0.2, 0) is 0 Å². The summed E-state index contributed by atoms with van der Waals surface area (Å²) in [6.07, 6.45) is 0. The number of nitrogens with two attached hydrogens (primary N) is 1. The second-order valence-corrected chi connectivity index (χ2v) is 5.09. The Labute approximate surface area is 128 Å². The van der Waals surface area contributed by atoms with Crippen molar-refractivity contribution >= 4 is 33.4 Å². The third kappa shape index (κ3) is 3.79. The molecule has 2 aromatic rings. The van der Waals surface area contributed by atoms with Gasteiger partial charge in [-0.15, -0.1) is 0 Å². The molecule has 5 nitrogen and oxygen atoms in total. The molecule has 2 aromatic carbocycles. The van der Waals surface area contributed by atoms with E-state index in [2.05, 4.69) is 26.4 Å². The lowest BCUT2D eigenvalue weighted by Gasteiger charge is -2.07. The number of halogens is 2. The lowest BCUT2D eigenvalue weighted by molar-refractivity contribution is 0.102. The molecule has 4 N–H and O–H groups in total. The second kappa shape index (κ2) is 6.36. The third-order valence-corrected chi connectivity index (χ3v) is 3.11. The first-order chi connectivity index (χ1) is 9.99. The molecule has 2 rings (SSSR count). The molecular weight excluding hydrogens is 341 g/mol. The van der Waals surface area contributed by atoms with Gasteiger partial charge < -0.3 is 16.3 Å². The molecule has 0 spiro atoms. The SMILES string of the molecule is N/C(=N/O)c1cccc(NC(=O)c2cc(F)cc(Br)c2)c1. The number of benzene rings is 2. The number of hydrogen-bond donors (Lipinski definition) is 3. The number of rotatable bonds is 3. The highest BCUT2D eigenvalue weighted by molar-refractivity contribution is 9.10. The average molecular weight is 352 g/mol. The number of anilines is 1. The fourth-order valence-corrected chi connectivity index (χ4v) is 2.17. The maximum Gasteiger partial charge on any atom is 0.255 e. The summed E-state index contributed by atoms with van der Waals surface area (Å²) in [5, 5.41) is 14.1. The molecule has 0 fully saturated rings. The van der Waals surface area contributed by atoms with Gasteiger partial charge in [0.2, 0.25) is 0 Å². The van der Waals surface area contributed by atoms with Crippen molar-refractivity contribution in [1.29, 1.82) is 0 Å². The summed E-state index contributed by atoms with van der Waals surface area (Å²) >= 11 is 3.13. The Morgan fingerprint density at radius 1 is 1.24 bits per heavy atom. The fraction of sp³-hybridized carbons (Fsp3) is 0. The summed E-state index contributed by atoms with van der Waals surface area (Å²) < 4.78 is 13.7. The predicted octanol–water partition coefficient (Wildman–Crippen LogP) is 2.94. The van der Waals surface area contributed by atoms with E-state index in [1.54, 1.807) is 24.3 Å². The van der Waals surface area contributed by atoms with Crippen LogP contribution in [0.1, 0.15) is 15.9 Å². The summed E-state index contributed by atoms with van der Waals surface area (Å²) in [7, 11) is 0. The Hall–Kier alpha value is -2.41. The number of nitrogens with one attached hydrogen (secondary N) is 1. The number of amidine groups is 1. The lowest BCUT2D eigenvalue weighted by Crippen LogP contribution is -2.15. The van der Waals surface area contributed by atoms with Crippen LogP contribution in [-0.4, -0.2) is 17.0 Å². The van der Waals surface area contributed by atoms with Crippen molar-refractivity contribution in [1.82, 2.24) is 0 Å². The Kier molecular flexibility index (Phi) is 4.54. The molecule has 0 aliphatic carbocycles. The Morgan fingerprint density at radius 3 is 2.67 bits per heavy atom. The minimum atomic E-state index is -0.514. The third-order valence-electron chi connectivity index (χ3n) is 2.65. The number of oxime groups is 1. The first kappa shape index (κ1) is 15.0. The fourth-order valence-electron chi connectivity index (χ4n) is 1.70. The van der Waals surface area contributed by atoms with Crippen molar-refractivity contribution in [2.45, 2.75) is 0 Å². The van der Waals surface area contributed by atoms with Gasteiger partial charge in [-0.3, -0.25) is 4.79 Å². The minimum absolute atomic E-state index is 0.0698. The van der Waals surface area contributed by atoms with Crippen LogP contribution in [0.25, 0.3) is 0 Å². The molecule has 0 saturated carbocycles. The van der Waals surface area contributed by atoms with Gasteiger partial charge in [-0.2, -0.15) is 0 Å². The molecule has 7 heteroatoms. The van der Waals surface area contributed by atoms with E-state index in [9.17, 15) is 9.18 Å². The highest BCUT2D eigenvalue weighted by Gasteiger charge is 2.09. The zero-order chi connectivity index (χ0) is 15.4. The summed E-state index contributed by atoms with van der Waals surface area (Å²) in [5.41, 5.74) is 6.56. The van der Waals surface area contributed by atoms with Crippen LogP contribution in [0, 0.1) is 5.82 Å². The van der Waals surface area contributed by atoms with Crippen molar-refractivity contribution < 1.29 is 14.4 Å². The van der Waals surface area contributed by atoms with Crippen molar-refractivity contribution in [3.05, 3.63) is 63.9 Å². The highest BCUT2D eigenvalue weighted by atomic mass is 79.9. The van der Waals surface area contributed by atoms with E-state index in [-0.39, 0.29) is 11.4 Å². The molecule has 21 heavy (non-hydrogen) atoms. The van der Waals surface area contributed by atoms with E-state index in [0.29, 0.717) is 15.7 Å². The zero-order valence-corrected chi connectivity index (χ0v) is 12.3. The average Bonchev–Trinajstić information content (AvgIpc) is 2.45. The minimum Gasteiger partial charge on any atom is -0.409 e. The molecule has 1 amide bonds. The van der Waals surface area contributed by atoms with E-state index in [0.717, 1.165) is 6.07 Å². The van der Waals surface area contributed by atoms with E-state index < -0.39 is 11.7 Å². The monoisotopic (exact) mass is 351 g/mol. The summed E-state index contributed by atoms with van der Waals surface area (Å²) in [4.78, 5) is 12.1. The van der Waals surface area contributed by atoms with Crippen molar-refractivity contribution in [3.63, 3.8) is 0 Å². The van der Waals surface area contributed by atoms with Gasteiger partial charge in [-0.1, -0.05) is 33.2 Å². The van der Waals surface area contributed by atoms with Crippen LogP contribution in [0.3, 0.4) is 0 Å². The molecular formula is C14H11BrFN3O2. The van der Waals surface area contributed by atoms with Gasteiger partial charge in [0.05, 0.1) is 0 Å². The highest BCUT2D eigenvalue weighted by Crippen LogP contribution is 2.17. The Morgan fingerprint density at radius 2 is 2.00 bits per heavy atom. The smallest absolute Gasteiger partial charge is 0.255 e. The van der Waals surface area contributed by atoms with Gasteiger partial charge in [0, 0.05) is 21.3 Å². The molecule has 0 radical (unpaired) electrons. The first-order valence-electron chi connectivity index (χ1n) is 5.85. The number of hydrogen-bond acceptors (Lipinski definition) is 3. The van der Waals surface area contributed by atoms with Crippen molar-refractivity contribution in [2.75, 3.05) is 5.32 Å². The van der Waals surface area contributed by atoms with E-state index >= 15 is 0 Å². The molecule has 0 heterocycles. The van der Waals surface area contributed by atoms with Crippen LogP contribution in [0.15, 0.2) is 52.1 Å². The van der Waals surface area contributed by atoms with Crippen molar-refractivity contribution in [3.8, 4) is 0 Å². The quantitative estimate of drug-likeness (QED) is 0.344. The van der Waals surface area contributed by atoms with E-state index in [1.807, 2.05) is 0 Å². The normalized spacial score (nSPS) is 11.2. The van der Waals surface area contributed by atoms with Gasteiger partial charge in [-0.25, -0.2) is 4.39 Å². The summed E-state index contributed by atoms with van der Waals surface area (Å²) in [5.74, 6) is -1.05. The number of amides is 1. The maximum absolute atomic E-state index is 13.3. The van der Waals surface area contributed by atoms with Gasteiger partial charge >= 0.3 is 0 Å². The molecule has 0 unspecified atom stereocenters. The van der Waals surface area contributed by atoms with Crippen LogP contribution >= 0.6 is 15.9 Å². The Bertz CT molecular complexity index is 699. The predicted molar refractivity (Wildman–Crippen MR) is 81.0 cm³/mol. The zero-order valence-electron chi connectivity index (χ0n) is 10.7. The molecule has 0 aliphatic rings. The topological polar surface area (TPSA) is 87.7 Å². The maximum atomic E-state index is 13.3. The molecule has 0 atom stereocenters. The molecule has 0 saturated heterocycles. The standard InChI is InChI=1S/C14H11BrFN3O2/c15-10-4-9(5-11(16)7-10)14(20)18-12-3-1-2-8(6-12)13(17)19-21/h1-7,21H,(H2,17,19)(H,18,20). The molecule has 0 aliphatic heterocycles. The molecule has 0 bridgehead atoms. The largest absolute Gasteiger partial charge is 0.409 e. The second-order valence-electron chi connectivity index (χ2n) is 4.18. The summed E-state index contributed by atoms with van der Waals surface area (Å²) in [6.45, 7) is 0. The summed E-state index contributed by atoms with van der Waals surface area (Å²) in [6, 6.07) is 10.4. The van der Waals surface area contributed by atoms with Gasteiger partial charge in [0.15, 0.2) is 5.84 Å². The van der Waals surface area contributed by atoms with Crippen LogP contribution in [0.4, 0.5) is 10.1 Å². The molecule has 0 aromatic heterocycles. The molecule has 108 valence electrons. The van der Waals surface area contributed by atoms with Gasteiger partial charge in [0.1, 0.15) is 5.82 Å². The van der Waals surface area contributed by atoms with E-state index in [1.165, 1.54) is 12.1 Å². The number of carbonyl (C=O) groups is 1. The van der Waals surface area contributed by atoms with Gasteiger partial charge in [0.25, 0.3) is 5.91 Å². The lowest BCUT2D eigenvalue weighted by atomic mass is 10.1. The van der Waals surface area contributed by atoms with Crippen LogP contribution < -0.4 is 11.1 Å². The number of carbonyl (C=O) groups excluding carboxylic acids is 1. The van der Waals surface area contributed by atoms with Crippen molar-refractivity contribution in [2.24, 2.45) is 10.9 Å². The first-order valence-corrected chi connectivity index (χ1v) is 6.64. The Balaban J connectivity index is 2.23. The number of nitrogens with zero attached hydrogens (tertiary/aromatic N) is 1. The van der Waals surface area contributed by atoms with Crippen LogP contribution in [0.5, 0.6) is 0 Å².